The molecule has 0 heterocycles. The summed E-state index contributed by atoms with van der Waals surface area (Å²) in [4.78, 5) is 21.6. The average molecular weight is 372 g/mol. The van der Waals surface area contributed by atoms with Gasteiger partial charge < -0.3 is 25.3 Å². The van der Waals surface area contributed by atoms with E-state index in [1.165, 1.54) is 0 Å². The van der Waals surface area contributed by atoms with E-state index in [-0.39, 0.29) is 71.0 Å². The number of hydrogen-bond donors (Lipinski definition) is 1. The number of hydrogen-bond acceptors (Lipinski definition) is 6. The maximum absolute atomic E-state index is 11.2. The number of rotatable bonds is 11. The molecule has 126 valence electrons. The molecule has 0 amide bonds. The van der Waals surface area contributed by atoms with Crippen LogP contribution in [-0.4, -0.2) is 35.1 Å². The van der Waals surface area contributed by atoms with E-state index in [0.29, 0.717) is 6.42 Å². The Morgan fingerprint density at radius 3 is 1.78 bits per heavy atom. The van der Waals surface area contributed by atoms with Crippen molar-refractivity contribution in [3.8, 4) is 0 Å². The van der Waals surface area contributed by atoms with Crippen LogP contribution in [0.2, 0.25) is 0 Å². The minimum absolute atomic E-state index is 0. The summed E-state index contributed by atoms with van der Waals surface area (Å²) in [6, 6.07) is 0. The Balaban J connectivity index is -0.000000602. The van der Waals surface area contributed by atoms with Crippen LogP contribution >= 0.6 is 0 Å². The molecule has 0 aliphatic carbocycles. The first-order valence-electron chi connectivity index (χ1n) is 6.55. The van der Waals surface area contributed by atoms with Gasteiger partial charge in [0.1, 0.15) is 4.75 Å². The predicted molar refractivity (Wildman–Crippen MR) is 70.5 cm³/mol. The van der Waals surface area contributed by atoms with Crippen LogP contribution in [0, 0.1) is 0 Å². The monoisotopic (exact) mass is 372 g/mol. The summed E-state index contributed by atoms with van der Waals surface area (Å²) in [7, 11) is -5.10. The van der Waals surface area contributed by atoms with Crippen molar-refractivity contribution in [2.45, 2.75) is 63.0 Å². The first-order chi connectivity index (χ1) is 9.17. The number of aliphatic carboxylic acids is 2. The Kier molecular flexibility index (Phi) is 20.7. The van der Waals surface area contributed by atoms with Crippen molar-refractivity contribution in [3.63, 3.8) is 0 Å². The van der Waals surface area contributed by atoms with Gasteiger partial charge in [-0.3, -0.25) is 4.55 Å². The Labute approximate surface area is 181 Å². The van der Waals surface area contributed by atoms with Crippen molar-refractivity contribution in [1.29, 1.82) is 0 Å². The molecule has 0 radical (unpaired) electrons. The van der Waals surface area contributed by atoms with Crippen LogP contribution in [0.5, 0.6) is 0 Å². The number of carboxylic acids is 2. The van der Waals surface area contributed by atoms with Crippen molar-refractivity contribution in [2.75, 3.05) is 0 Å². The van der Waals surface area contributed by atoms with Gasteiger partial charge in [0.15, 0.2) is 0 Å². The first-order valence-corrected chi connectivity index (χ1v) is 7.99. The smallest absolute Gasteiger partial charge is 0.550 e. The second kappa shape index (κ2) is 15.1. The minimum atomic E-state index is -5.10. The van der Waals surface area contributed by atoms with Crippen LogP contribution in [0.15, 0.2) is 0 Å². The minimum Gasteiger partial charge on any atom is -0.550 e. The summed E-state index contributed by atoms with van der Waals surface area (Å²) in [6.45, 7) is 2.03. The van der Waals surface area contributed by atoms with Gasteiger partial charge in [-0.2, -0.15) is 8.42 Å². The van der Waals surface area contributed by atoms with Crippen LogP contribution in [0.25, 0.3) is 0 Å². The second-order valence-corrected chi connectivity index (χ2v) is 6.55. The maximum Gasteiger partial charge on any atom is 1.00 e. The van der Waals surface area contributed by atoms with Crippen LogP contribution in [-0.2, 0) is 19.7 Å². The standard InChI is InChI=1S/C12H22O7S.2Na.H2O/c1-2-3-4-5-6-7-8-12(11(15)16,9-10(13)14)20(17,18)19;;;/h2-9H2,1H3,(H,13,14)(H,15,16)(H,17,18,19);;;1H2/q;2*+1;/p-2. The molecule has 0 saturated carbocycles. The van der Waals surface area contributed by atoms with Gasteiger partial charge >= 0.3 is 59.1 Å². The zero-order chi connectivity index (χ0) is 15.8. The Morgan fingerprint density at radius 2 is 1.43 bits per heavy atom. The zero-order valence-electron chi connectivity index (χ0n) is 14.0. The van der Waals surface area contributed by atoms with Gasteiger partial charge in [0.25, 0.3) is 10.1 Å². The molecule has 0 spiro atoms. The molecule has 0 fully saturated rings. The predicted octanol–water partition coefficient (Wildman–Crippen LogP) is -7.56. The molecule has 0 rings (SSSR count). The maximum atomic E-state index is 11.2. The number of carboxylic acid groups (broad SMARTS) is 2. The normalized spacial score (nSPS) is 12.8. The van der Waals surface area contributed by atoms with Crippen LogP contribution in [0.4, 0.5) is 0 Å². The van der Waals surface area contributed by atoms with Crippen molar-refractivity contribution < 1.29 is 97.4 Å². The van der Waals surface area contributed by atoms with Gasteiger partial charge in [0.2, 0.25) is 0 Å². The first kappa shape index (κ1) is 31.6. The fourth-order valence-electron chi connectivity index (χ4n) is 2.01. The summed E-state index contributed by atoms with van der Waals surface area (Å²) in [5.74, 6) is -3.98. The zero-order valence-corrected chi connectivity index (χ0v) is 18.8. The summed E-state index contributed by atoms with van der Waals surface area (Å²) in [5.41, 5.74) is 0. The molecular weight excluding hydrogens is 350 g/mol. The fraction of sp³-hybridized carbons (Fsp3) is 0.833. The summed E-state index contributed by atoms with van der Waals surface area (Å²) in [6.07, 6.45) is 2.66. The summed E-state index contributed by atoms with van der Waals surface area (Å²) in [5, 5.41) is 21.6. The van der Waals surface area contributed by atoms with E-state index in [2.05, 4.69) is 0 Å². The Bertz CT molecular complexity index is 440. The molecular formula is C12H22Na2O8S. The third-order valence-corrected chi connectivity index (χ3v) is 4.73. The molecule has 23 heavy (non-hydrogen) atoms. The topological polar surface area (TPSA) is 166 Å². The van der Waals surface area contributed by atoms with Crippen LogP contribution in [0.1, 0.15) is 58.3 Å². The largest absolute Gasteiger partial charge is 1.00 e. The number of carbonyl (C=O) groups is 2. The van der Waals surface area contributed by atoms with E-state index in [9.17, 15) is 28.2 Å². The van der Waals surface area contributed by atoms with E-state index >= 15 is 0 Å². The summed E-state index contributed by atoms with van der Waals surface area (Å²) < 4.78 is 28.7. The van der Waals surface area contributed by atoms with Gasteiger partial charge in [-0.15, -0.1) is 0 Å². The SMILES string of the molecule is CCCCCCCCC(CC(=O)[O-])(C(=O)[O-])S(=O)(=O)O.O.[Na+].[Na+]. The molecule has 3 N–H and O–H groups in total. The molecule has 0 aromatic carbocycles. The van der Waals surface area contributed by atoms with Crippen molar-refractivity contribution >= 4 is 22.1 Å². The molecule has 0 aliphatic heterocycles. The Morgan fingerprint density at radius 1 is 1.00 bits per heavy atom. The molecule has 8 nitrogen and oxygen atoms in total. The molecule has 1 unspecified atom stereocenters. The molecule has 0 saturated heterocycles. The van der Waals surface area contributed by atoms with Crippen molar-refractivity contribution in [1.82, 2.24) is 0 Å². The quantitative estimate of drug-likeness (QED) is 0.213. The van der Waals surface area contributed by atoms with E-state index in [1.54, 1.807) is 0 Å². The van der Waals surface area contributed by atoms with E-state index in [0.717, 1.165) is 25.7 Å². The van der Waals surface area contributed by atoms with Crippen molar-refractivity contribution in [2.24, 2.45) is 0 Å². The van der Waals surface area contributed by atoms with Gasteiger partial charge in [-0.1, -0.05) is 45.4 Å². The second-order valence-electron chi connectivity index (χ2n) is 4.82. The van der Waals surface area contributed by atoms with Gasteiger partial charge in [0.05, 0.1) is 5.97 Å². The van der Waals surface area contributed by atoms with Crippen molar-refractivity contribution in [3.05, 3.63) is 0 Å². The van der Waals surface area contributed by atoms with Gasteiger partial charge in [-0.05, 0) is 6.42 Å². The van der Waals surface area contributed by atoms with E-state index in [1.807, 2.05) is 6.92 Å². The third kappa shape index (κ3) is 11.1. The molecule has 1 atom stereocenters. The molecule has 0 bridgehead atoms. The van der Waals surface area contributed by atoms with E-state index in [4.69, 9.17) is 4.55 Å². The van der Waals surface area contributed by atoms with Crippen LogP contribution in [0.3, 0.4) is 0 Å². The molecule has 0 aliphatic rings. The third-order valence-electron chi connectivity index (χ3n) is 3.23. The Hall–Kier alpha value is 0.810. The van der Waals surface area contributed by atoms with Gasteiger partial charge in [-0.25, -0.2) is 0 Å². The molecule has 11 heteroatoms. The summed E-state index contributed by atoms with van der Waals surface area (Å²) >= 11 is 0. The number of unbranched alkanes of at least 4 members (excludes halogenated alkanes) is 5. The fourth-order valence-corrected chi connectivity index (χ4v) is 2.93. The molecule has 0 aromatic heterocycles. The van der Waals surface area contributed by atoms with Crippen LogP contribution < -0.4 is 69.3 Å². The van der Waals surface area contributed by atoms with Gasteiger partial charge in [0, 0.05) is 12.4 Å². The molecule has 0 aromatic rings. The average Bonchev–Trinajstić information content (AvgIpc) is 2.29. The van der Waals surface area contributed by atoms with E-state index < -0.39 is 39.6 Å². The number of carbonyl (C=O) groups excluding carboxylic acids is 2.